The molecule has 0 saturated carbocycles. The number of nitrogens with zero attached hydrogens (tertiary/aromatic N) is 2. The average molecular weight is 656 g/mol. The van der Waals surface area contributed by atoms with E-state index in [-0.39, 0.29) is 36.2 Å². The normalized spacial score (nSPS) is 21.3. The molecular weight excluding hydrogens is 612 g/mol. The molecule has 2 rings (SSSR count). The third-order valence-electron chi connectivity index (χ3n) is 7.47. The van der Waals surface area contributed by atoms with Gasteiger partial charge in [-0.1, -0.05) is 6.92 Å². The lowest BCUT2D eigenvalue weighted by Crippen LogP contribution is -2.48. The molecular formula is C30H43F6N3O6. The second-order valence-electron chi connectivity index (χ2n) is 11.6. The van der Waals surface area contributed by atoms with Crippen LogP contribution in [-0.4, -0.2) is 96.6 Å². The van der Waals surface area contributed by atoms with E-state index in [1.54, 1.807) is 20.8 Å². The summed E-state index contributed by atoms with van der Waals surface area (Å²) < 4.78 is 88.0. The zero-order valence-corrected chi connectivity index (χ0v) is 26.0. The van der Waals surface area contributed by atoms with Gasteiger partial charge in [0.25, 0.3) is 5.91 Å². The first-order chi connectivity index (χ1) is 20.9. The molecule has 0 radical (unpaired) electrons. The predicted octanol–water partition coefficient (Wildman–Crippen LogP) is 5.56. The van der Waals surface area contributed by atoms with Gasteiger partial charge in [-0.25, -0.2) is 0 Å². The summed E-state index contributed by atoms with van der Waals surface area (Å²) in [7, 11) is 1.39. The first-order valence-electron chi connectivity index (χ1n) is 14.9. The van der Waals surface area contributed by atoms with E-state index in [0.29, 0.717) is 25.9 Å². The van der Waals surface area contributed by atoms with Gasteiger partial charge in [0.1, 0.15) is 5.75 Å². The summed E-state index contributed by atoms with van der Waals surface area (Å²) in [6.07, 6.45) is -12.2. The Morgan fingerprint density at radius 1 is 1.09 bits per heavy atom. The number of rotatable bonds is 9. The van der Waals surface area contributed by atoms with E-state index in [4.69, 9.17) is 9.47 Å². The first-order valence-corrected chi connectivity index (χ1v) is 14.9. The predicted molar refractivity (Wildman–Crippen MR) is 154 cm³/mol. The summed E-state index contributed by atoms with van der Waals surface area (Å²) in [4.78, 5) is 41.2. The van der Waals surface area contributed by atoms with Crippen LogP contribution in [0.4, 0.5) is 32.0 Å². The van der Waals surface area contributed by atoms with Crippen LogP contribution in [0.25, 0.3) is 0 Å². The molecule has 0 saturated heterocycles. The van der Waals surface area contributed by atoms with Crippen molar-refractivity contribution in [3.8, 4) is 5.75 Å². The highest BCUT2D eigenvalue weighted by Gasteiger charge is 2.33. The van der Waals surface area contributed by atoms with Gasteiger partial charge in [0.2, 0.25) is 11.8 Å². The summed E-state index contributed by atoms with van der Waals surface area (Å²) in [6.45, 7) is 5.00. The molecule has 1 heterocycles. The van der Waals surface area contributed by atoms with E-state index < -0.39 is 80.4 Å². The molecule has 0 aromatic heterocycles. The third kappa shape index (κ3) is 13.4. The maximum atomic E-state index is 14.0. The first kappa shape index (κ1) is 38.1. The van der Waals surface area contributed by atoms with Crippen molar-refractivity contribution in [1.29, 1.82) is 0 Å². The number of halogens is 6. The zero-order chi connectivity index (χ0) is 33.9. The Morgan fingerprint density at radius 3 is 2.36 bits per heavy atom. The van der Waals surface area contributed by atoms with E-state index in [1.165, 1.54) is 35.0 Å². The van der Waals surface area contributed by atoms with Crippen molar-refractivity contribution in [2.75, 3.05) is 38.7 Å². The second kappa shape index (κ2) is 17.0. The van der Waals surface area contributed by atoms with Gasteiger partial charge in [-0.2, -0.15) is 26.3 Å². The number of fused-ring (bicyclic) bond motifs is 1. The van der Waals surface area contributed by atoms with Crippen LogP contribution < -0.4 is 10.1 Å². The summed E-state index contributed by atoms with van der Waals surface area (Å²) in [5, 5.41) is 12.4. The number of aliphatic hydroxyl groups is 1. The summed E-state index contributed by atoms with van der Waals surface area (Å²) in [6, 6.07) is 3.46. The molecule has 15 heteroatoms. The summed E-state index contributed by atoms with van der Waals surface area (Å²) >= 11 is 0. The van der Waals surface area contributed by atoms with Gasteiger partial charge < -0.3 is 29.7 Å². The van der Waals surface area contributed by atoms with Gasteiger partial charge in [-0.15, -0.1) is 0 Å². The molecule has 0 aliphatic carbocycles. The molecule has 1 aliphatic heterocycles. The van der Waals surface area contributed by atoms with Crippen LogP contribution in [0.1, 0.15) is 76.1 Å². The maximum Gasteiger partial charge on any atom is 0.389 e. The fraction of sp³-hybridized carbons (Fsp3) is 0.700. The molecule has 0 spiro atoms. The van der Waals surface area contributed by atoms with Crippen molar-refractivity contribution in [2.24, 2.45) is 5.92 Å². The van der Waals surface area contributed by atoms with Gasteiger partial charge >= 0.3 is 12.4 Å². The Balaban J connectivity index is 2.39. The highest BCUT2D eigenvalue weighted by atomic mass is 19.4. The number of hydrogen-bond acceptors (Lipinski definition) is 6. The van der Waals surface area contributed by atoms with E-state index in [0.717, 1.165) is 0 Å². The summed E-state index contributed by atoms with van der Waals surface area (Å²) in [5.41, 5.74) is 0.0912. The minimum atomic E-state index is -4.51. The van der Waals surface area contributed by atoms with Crippen LogP contribution in [-0.2, 0) is 14.3 Å². The van der Waals surface area contributed by atoms with Crippen molar-refractivity contribution in [2.45, 2.75) is 96.3 Å². The average Bonchev–Trinajstić information content (AvgIpc) is 2.95. The molecule has 0 fully saturated rings. The number of amides is 3. The number of hydrogen-bond donors (Lipinski definition) is 2. The molecule has 1 aromatic carbocycles. The lowest BCUT2D eigenvalue weighted by molar-refractivity contribution is -0.149. The van der Waals surface area contributed by atoms with E-state index in [1.807, 2.05) is 0 Å². The van der Waals surface area contributed by atoms with Crippen molar-refractivity contribution >= 4 is 23.4 Å². The molecule has 1 aromatic rings. The van der Waals surface area contributed by atoms with Crippen LogP contribution in [0.15, 0.2) is 18.2 Å². The molecule has 9 nitrogen and oxygen atoms in total. The topological polar surface area (TPSA) is 108 Å². The SMILES string of the molecule is C[C@@H]1CCCCO[C@@H](CN(C)C(=O)CCC(F)(F)F)[C@@H](C)CN([C@H](C)CO)C(=O)c2cc(NC(=O)CCC(F)(F)F)ccc2O1. The molecule has 3 amide bonds. The Morgan fingerprint density at radius 2 is 1.73 bits per heavy atom. The second-order valence-corrected chi connectivity index (χ2v) is 11.6. The highest BCUT2D eigenvalue weighted by Crippen LogP contribution is 2.29. The number of carbonyl (C=O) groups excluding carboxylic acids is 3. The fourth-order valence-electron chi connectivity index (χ4n) is 4.75. The molecule has 2 N–H and O–H groups in total. The summed E-state index contributed by atoms with van der Waals surface area (Å²) in [5.74, 6) is -2.47. The quantitative estimate of drug-likeness (QED) is 0.337. The Hall–Kier alpha value is -3.07. The van der Waals surface area contributed by atoms with Gasteiger partial charge in [0.15, 0.2) is 0 Å². The number of carbonyl (C=O) groups is 3. The number of alkyl halides is 6. The number of nitrogens with one attached hydrogen (secondary N) is 1. The smallest absolute Gasteiger partial charge is 0.389 e. The molecule has 256 valence electrons. The number of anilines is 1. The van der Waals surface area contributed by atoms with Gasteiger partial charge in [-0.05, 0) is 51.3 Å². The number of aliphatic hydroxyl groups excluding tert-OH is 1. The van der Waals surface area contributed by atoms with E-state index in [2.05, 4.69) is 5.32 Å². The van der Waals surface area contributed by atoms with E-state index >= 15 is 0 Å². The lowest BCUT2D eigenvalue weighted by atomic mass is 10.0. The molecule has 45 heavy (non-hydrogen) atoms. The van der Waals surface area contributed by atoms with Crippen LogP contribution in [0, 0.1) is 5.92 Å². The minimum Gasteiger partial charge on any atom is -0.490 e. The van der Waals surface area contributed by atoms with Crippen LogP contribution in [0.3, 0.4) is 0 Å². The van der Waals surface area contributed by atoms with Crippen LogP contribution in [0.5, 0.6) is 5.75 Å². The Labute approximate surface area is 259 Å². The molecule has 0 bridgehead atoms. The molecule has 0 unspecified atom stereocenters. The number of likely N-dealkylation sites (N-methyl/N-ethyl adjacent to an activating group) is 1. The van der Waals surface area contributed by atoms with Crippen molar-refractivity contribution < 1.29 is 55.3 Å². The Kier molecular flexibility index (Phi) is 14.4. The standard InChI is InChI=1S/C30H43F6N3O6/c1-19-16-39(20(2)18-40)28(43)23-15-22(37-26(41)10-12-29(31,32)33)8-9-24(23)45-21(3)7-5-6-14-44-25(19)17-38(4)27(42)11-13-30(34,35)36/h8-9,15,19-21,25,40H,5-7,10-14,16-18H2,1-4H3,(H,37,41)/t19-,20+,21+,25-/m0/s1. The monoisotopic (exact) mass is 655 g/mol. The lowest BCUT2D eigenvalue weighted by Gasteiger charge is -2.36. The van der Waals surface area contributed by atoms with Crippen molar-refractivity contribution in [3.05, 3.63) is 23.8 Å². The fourth-order valence-corrected chi connectivity index (χ4v) is 4.75. The van der Waals surface area contributed by atoms with E-state index in [9.17, 15) is 45.8 Å². The zero-order valence-electron chi connectivity index (χ0n) is 26.0. The maximum absolute atomic E-state index is 14.0. The van der Waals surface area contributed by atoms with Crippen LogP contribution >= 0.6 is 0 Å². The third-order valence-corrected chi connectivity index (χ3v) is 7.47. The van der Waals surface area contributed by atoms with Gasteiger partial charge in [0.05, 0.1) is 43.3 Å². The Bertz CT molecular complexity index is 1130. The van der Waals surface area contributed by atoms with Crippen molar-refractivity contribution in [3.63, 3.8) is 0 Å². The molecule has 4 atom stereocenters. The van der Waals surface area contributed by atoms with Gasteiger partial charge in [0, 0.05) is 51.2 Å². The highest BCUT2D eigenvalue weighted by molar-refractivity contribution is 5.99. The number of ether oxygens (including phenoxy) is 2. The number of benzene rings is 1. The minimum absolute atomic E-state index is 0.00692. The largest absolute Gasteiger partial charge is 0.490 e. The van der Waals surface area contributed by atoms with Crippen LogP contribution in [0.2, 0.25) is 0 Å². The van der Waals surface area contributed by atoms with Gasteiger partial charge in [-0.3, -0.25) is 14.4 Å². The van der Waals surface area contributed by atoms with Crippen molar-refractivity contribution in [1.82, 2.24) is 9.80 Å². The molecule has 1 aliphatic rings.